The average molecular weight is 248 g/mol. The lowest BCUT2D eigenvalue weighted by Gasteiger charge is -2.22. The smallest absolute Gasteiger partial charge is 0.185 e. The molecule has 1 aromatic heterocycles. The molecule has 0 atom stereocenters. The maximum absolute atomic E-state index is 4.62. The van der Waals surface area contributed by atoms with E-state index in [4.69, 9.17) is 0 Å². The molecule has 19 heavy (non-hydrogen) atoms. The van der Waals surface area contributed by atoms with Crippen LogP contribution in [0.25, 0.3) is 16.7 Å². The molecular weight excluding hydrogens is 231 g/mol. The van der Waals surface area contributed by atoms with Crippen LogP contribution in [0.3, 0.4) is 0 Å². The van der Waals surface area contributed by atoms with Gasteiger partial charge in [0.25, 0.3) is 0 Å². The lowest BCUT2D eigenvalue weighted by atomic mass is 10.0. The molecule has 94 valence electrons. The van der Waals surface area contributed by atoms with Crippen LogP contribution in [0.1, 0.15) is 12.1 Å². The molecule has 0 saturated heterocycles. The summed E-state index contributed by atoms with van der Waals surface area (Å²) in [5.74, 6) is 0. The van der Waals surface area contributed by atoms with Gasteiger partial charge in [0.1, 0.15) is 0 Å². The van der Waals surface area contributed by atoms with E-state index in [1.807, 2.05) is 12.3 Å². The van der Waals surface area contributed by atoms with Crippen molar-refractivity contribution >= 4 is 13.6 Å². The van der Waals surface area contributed by atoms with Gasteiger partial charge in [0.2, 0.25) is 0 Å². The minimum Gasteiger partial charge on any atom is -0.345 e. The number of aromatic nitrogens is 1. The van der Waals surface area contributed by atoms with E-state index in [1.165, 1.54) is 16.7 Å². The van der Waals surface area contributed by atoms with Crippen LogP contribution in [0.2, 0.25) is 0 Å². The highest BCUT2D eigenvalue weighted by Crippen LogP contribution is 2.23. The summed E-state index contributed by atoms with van der Waals surface area (Å²) in [7, 11) is 2.15. The molecule has 2 aromatic rings. The third-order valence-corrected chi connectivity index (χ3v) is 3.61. The predicted molar refractivity (Wildman–Crippen MR) is 82.4 cm³/mol. The Labute approximate surface area is 115 Å². The third-order valence-electron chi connectivity index (χ3n) is 3.61. The summed E-state index contributed by atoms with van der Waals surface area (Å²) < 4.78 is 0. The predicted octanol–water partition coefficient (Wildman–Crippen LogP) is 2.39. The molecule has 2 heterocycles. The van der Waals surface area contributed by atoms with E-state index in [9.17, 15) is 0 Å². The Bertz CT molecular complexity index is 575. The van der Waals surface area contributed by atoms with Crippen LogP contribution in [-0.4, -0.2) is 30.9 Å². The average Bonchev–Trinajstić information content (AvgIpc) is 2.49. The van der Waals surface area contributed by atoms with Gasteiger partial charge in [-0.2, -0.15) is 0 Å². The van der Waals surface area contributed by atoms with Gasteiger partial charge in [0, 0.05) is 18.3 Å². The van der Waals surface area contributed by atoms with Crippen molar-refractivity contribution in [2.75, 3.05) is 13.1 Å². The quantitative estimate of drug-likeness (QED) is 0.758. The van der Waals surface area contributed by atoms with Crippen molar-refractivity contribution in [3.8, 4) is 11.1 Å². The maximum atomic E-state index is 4.62. The second-order valence-electron chi connectivity index (χ2n) is 5.04. The Morgan fingerprint density at radius 3 is 2.47 bits per heavy atom. The van der Waals surface area contributed by atoms with Gasteiger partial charge in [-0.05, 0) is 30.2 Å². The number of hydrogen-bond donors (Lipinski definition) is 0. The normalized spacial score (nSPS) is 16.1. The fourth-order valence-corrected chi connectivity index (χ4v) is 2.39. The monoisotopic (exact) mass is 248 g/mol. The van der Waals surface area contributed by atoms with Crippen LogP contribution in [0, 0.1) is 0 Å². The van der Waals surface area contributed by atoms with Crippen molar-refractivity contribution in [1.29, 1.82) is 0 Å². The fraction of sp³-hybridized carbons (Fsp3) is 0.188. The lowest BCUT2D eigenvalue weighted by Crippen LogP contribution is -2.25. The summed E-state index contributed by atoms with van der Waals surface area (Å²) in [5.41, 5.74) is 4.89. The summed E-state index contributed by atoms with van der Waals surface area (Å²) in [5, 5.41) is 0. The van der Waals surface area contributed by atoms with Gasteiger partial charge in [-0.1, -0.05) is 42.5 Å². The summed E-state index contributed by atoms with van der Waals surface area (Å²) >= 11 is 0. The number of nitrogens with zero attached hydrogens (tertiary/aromatic N) is 2. The van der Waals surface area contributed by atoms with E-state index >= 15 is 0 Å². The number of benzene rings is 1. The molecule has 1 aliphatic rings. The summed E-state index contributed by atoms with van der Waals surface area (Å²) in [4.78, 5) is 6.94. The van der Waals surface area contributed by atoms with E-state index in [2.05, 4.69) is 60.3 Å². The van der Waals surface area contributed by atoms with E-state index < -0.39 is 0 Å². The molecule has 0 radical (unpaired) electrons. The highest BCUT2D eigenvalue weighted by Gasteiger charge is 2.10. The Morgan fingerprint density at radius 2 is 1.84 bits per heavy atom. The molecule has 3 rings (SSSR count). The van der Waals surface area contributed by atoms with Gasteiger partial charge in [-0.25, -0.2) is 0 Å². The van der Waals surface area contributed by atoms with Gasteiger partial charge in [-0.15, -0.1) is 0 Å². The molecule has 0 saturated carbocycles. The molecule has 1 aliphatic heterocycles. The van der Waals surface area contributed by atoms with Gasteiger partial charge in [0.15, 0.2) is 7.98 Å². The number of rotatable bonds is 2. The zero-order chi connectivity index (χ0) is 13.1. The molecule has 3 heteroatoms. The molecule has 0 fully saturated rings. The zero-order valence-corrected chi connectivity index (χ0v) is 11.2. The van der Waals surface area contributed by atoms with E-state index in [0.717, 1.165) is 25.2 Å². The number of hydrogen-bond acceptors (Lipinski definition) is 2. The van der Waals surface area contributed by atoms with Crippen molar-refractivity contribution in [2.45, 2.75) is 6.42 Å². The highest BCUT2D eigenvalue weighted by atomic mass is 15.0. The highest BCUT2D eigenvalue weighted by molar-refractivity contribution is 6.04. The van der Waals surface area contributed by atoms with Crippen molar-refractivity contribution in [3.63, 3.8) is 0 Å². The SMILES string of the molecule is BN1CC=C(c2ccc(-c3ccccc3)cn2)CC1. The summed E-state index contributed by atoms with van der Waals surface area (Å²) in [6.07, 6.45) is 5.35. The topological polar surface area (TPSA) is 16.1 Å². The van der Waals surface area contributed by atoms with Crippen molar-refractivity contribution in [3.05, 3.63) is 60.4 Å². The van der Waals surface area contributed by atoms with Crippen LogP contribution in [0.5, 0.6) is 0 Å². The first-order valence-corrected chi connectivity index (χ1v) is 6.72. The Morgan fingerprint density at radius 1 is 1.00 bits per heavy atom. The summed E-state index contributed by atoms with van der Waals surface area (Å²) in [6.45, 7) is 2.14. The van der Waals surface area contributed by atoms with E-state index in [0.29, 0.717) is 0 Å². The van der Waals surface area contributed by atoms with Crippen molar-refractivity contribution in [2.24, 2.45) is 0 Å². The molecule has 0 spiro atoms. The molecule has 0 amide bonds. The van der Waals surface area contributed by atoms with Crippen LogP contribution in [0.4, 0.5) is 0 Å². The number of pyridine rings is 1. The molecule has 1 aromatic carbocycles. The molecule has 0 unspecified atom stereocenters. The van der Waals surface area contributed by atoms with E-state index in [1.54, 1.807) is 0 Å². The van der Waals surface area contributed by atoms with Gasteiger partial charge in [-0.3, -0.25) is 4.98 Å². The lowest BCUT2D eigenvalue weighted by molar-refractivity contribution is 0.497. The van der Waals surface area contributed by atoms with Crippen molar-refractivity contribution in [1.82, 2.24) is 9.79 Å². The Hall–Kier alpha value is -1.87. The van der Waals surface area contributed by atoms with Gasteiger partial charge in [0.05, 0.1) is 5.69 Å². The van der Waals surface area contributed by atoms with E-state index in [-0.39, 0.29) is 0 Å². The second kappa shape index (κ2) is 5.41. The molecule has 0 bridgehead atoms. The van der Waals surface area contributed by atoms with Crippen LogP contribution >= 0.6 is 0 Å². The van der Waals surface area contributed by atoms with Gasteiger partial charge >= 0.3 is 0 Å². The first-order valence-electron chi connectivity index (χ1n) is 6.72. The van der Waals surface area contributed by atoms with Crippen LogP contribution in [0.15, 0.2) is 54.7 Å². The molecule has 2 nitrogen and oxygen atoms in total. The first-order chi connectivity index (χ1) is 9.33. The molecular formula is C16H17BN2. The zero-order valence-electron chi connectivity index (χ0n) is 11.2. The first kappa shape index (κ1) is 12.2. The maximum Gasteiger partial charge on any atom is 0.185 e. The Kier molecular flexibility index (Phi) is 3.47. The van der Waals surface area contributed by atoms with Crippen LogP contribution in [-0.2, 0) is 0 Å². The second-order valence-corrected chi connectivity index (χ2v) is 5.04. The minimum absolute atomic E-state index is 1.03. The molecule has 0 aliphatic carbocycles. The largest absolute Gasteiger partial charge is 0.345 e. The van der Waals surface area contributed by atoms with Crippen LogP contribution < -0.4 is 0 Å². The molecule has 0 N–H and O–H groups in total. The Balaban J connectivity index is 1.84. The standard InChI is InChI=1S/C16H17BN2/c17-19-10-8-14(9-11-19)16-7-6-15(12-18-16)13-4-2-1-3-5-13/h1-8,12H,9-11,17H2. The minimum atomic E-state index is 1.03. The third kappa shape index (κ3) is 2.77. The van der Waals surface area contributed by atoms with Crippen molar-refractivity contribution < 1.29 is 0 Å². The fourth-order valence-electron chi connectivity index (χ4n) is 2.39. The van der Waals surface area contributed by atoms with Gasteiger partial charge < -0.3 is 4.81 Å². The summed E-state index contributed by atoms with van der Waals surface area (Å²) in [6, 6.07) is 14.7.